The Morgan fingerprint density at radius 3 is 2.00 bits per heavy atom. The quantitative estimate of drug-likeness (QED) is 0.380. The van der Waals surface area contributed by atoms with Crippen LogP contribution in [0.25, 0.3) is 0 Å². The molecule has 0 bridgehead atoms. The molecule has 0 unspecified atom stereocenters. The first kappa shape index (κ1) is 15.1. The molecule has 0 spiro atoms. The minimum Gasteiger partial charge on any atom is -0.508 e. The van der Waals surface area contributed by atoms with Gasteiger partial charge in [-0.25, -0.2) is 0 Å². The smallest absolute Gasteiger partial charge is 0.200 e. The van der Waals surface area contributed by atoms with Gasteiger partial charge in [0.25, 0.3) is 0 Å². The molecular formula is C15H14O8. The van der Waals surface area contributed by atoms with Crippen LogP contribution >= 0.6 is 0 Å². The molecule has 1 aliphatic rings. The molecule has 0 aromatic heterocycles. The van der Waals surface area contributed by atoms with Gasteiger partial charge in [-0.3, -0.25) is 0 Å². The minimum atomic E-state index is -1.53. The predicted octanol–water partition coefficient (Wildman–Crippen LogP) is 0.743. The lowest BCUT2D eigenvalue weighted by molar-refractivity contribution is -0.0711. The first-order chi connectivity index (χ1) is 10.8. The van der Waals surface area contributed by atoms with E-state index in [1.54, 1.807) is 0 Å². The van der Waals surface area contributed by atoms with Gasteiger partial charge in [-0.05, 0) is 12.1 Å². The van der Waals surface area contributed by atoms with Gasteiger partial charge in [-0.2, -0.15) is 0 Å². The van der Waals surface area contributed by atoms with Gasteiger partial charge in [-0.1, -0.05) is 0 Å². The monoisotopic (exact) mass is 322 g/mol. The molecule has 2 aromatic rings. The van der Waals surface area contributed by atoms with Crippen LogP contribution in [0.1, 0.15) is 23.3 Å². The predicted molar refractivity (Wildman–Crippen MR) is 75.5 cm³/mol. The standard InChI is InChI=1S/C15H14O8/c16-6-3-7(17)11-10(4-6)23-15(14(22)13(11)21)5-1-8(18)12(20)9(19)2-5/h1-4,13-22H/t13-,14+,15+/m1/s1. The lowest BCUT2D eigenvalue weighted by Gasteiger charge is -2.34. The van der Waals surface area contributed by atoms with Crippen molar-refractivity contribution in [3.8, 4) is 34.5 Å². The summed E-state index contributed by atoms with van der Waals surface area (Å²) >= 11 is 0. The summed E-state index contributed by atoms with van der Waals surface area (Å²) in [5, 5.41) is 68.2. The molecule has 0 radical (unpaired) electrons. The third-order valence-electron chi connectivity index (χ3n) is 3.71. The summed E-state index contributed by atoms with van der Waals surface area (Å²) in [6, 6.07) is 4.26. The number of aromatic hydroxyl groups is 5. The molecule has 7 N–H and O–H groups in total. The van der Waals surface area contributed by atoms with E-state index in [1.807, 2.05) is 0 Å². The van der Waals surface area contributed by atoms with Crippen molar-refractivity contribution in [1.82, 2.24) is 0 Å². The van der Waals surface area contributed by atoms with Crippen molar-refractivity contribution in [2.24, 2.45) is 0 Å². The first-order valence-corrected chi connectivity index (χ1v) is 6.63. The Bertz CT molecular complexity index is 749. The number of aliphatic hydroxyl groups is 2. The molecule has 1 heterocycles. The van der Waals surface area contributed by atoms with Gasteiger partial charge < -0.3 is 40.5 Å². The normalized spacial score (nSPS) is 23.1. The van der Waals surface area contributed by atoms with Gasteiger partial charge >= 0.3 is 0 Å². The molecule has 3 rings (SSSR count). The van der Waals surface area contributed by atoms with Gasteiger partial charge in [0, 0.05) is 17.7 Å². The number of phenols is 5. The van der Waals surface area contributed by atoms with Gasteiger partial charge in [-0.15, -0.1) is 0 Å². The van der Waals surface area contributed by atoms with Gasteiger partial charge in [0.05, 0.1) is 5.56 Å². The maximum atomic E-state index is 10.2. The molecule has 122 valence electrons. The fourth-order valence-corrected chi connectivity index (χ4v) is 2.59. The minimum absolute atomic E-state index is 0.0580. The lowest BCUT2D eigenvalue weighted by Crippen LogP contribution is -2.34. The van der Waals surface area contributed by atoms with Crippen molar-refractivity contribution < 1.29 is 40.5 Å². The van der Waals surface area contributed by atoms with Crippen molar-refractivity contribution in [3.05, 3.63) is 35.4 Å². The zero-order valence-corrected chi connectivity index (χ0v) is 11.6. The molecule has 2 aromatic carbocycles. The number of hydrogen-bond acceptors (Lipinski definition) is 8. The van der Waals surface area contributed by atoms with Crippen LogP contribution in [0.3, 0.4) is 0 Å². The summed E-state index contributed by atoms with van der Waals surface area (Å²) in [5.41, 5.74) is -0.00314. The Kier molecular flexibility index (Phi) is 3.35. The Balaban J connectivity index is 2.09. The van der Waals surface area contributed by atoms with E-state index in [-0.39, 0.29) is 22.6 Å². The molecule has 0 amide bonds. The van der Waals surface area contributed by atoms with E-state index in [2.05, 4.69) is 0 Å². The molecule has 8 nitrogen and oxygen atoms in total. The van der Waals surface area contributed by atoms with Crippen molar-refractivity contribution in [1.29, 1.82) is 0 Å². The van der Waals surface area contributed by atoms with Crippen LogP contribution < -0.4 is 4.74 Å². The molecule has 3 atom stereocenters. The van der Waals surface area contributed by atoms with Crippen LogP contribution in [0.4, 0.5) is 0 Å². The highest BCUT2D eigenvalue weighted by molar-refractivity contribution is 5.55. The molecule has 1 aliphatic heterocycles. The topological polar surface area (TPSA) is 151 Å². The zero-order valence-electron chi connectivity index (χ0n) is 11.6. The van der Waals surface area contributed by atoms with Crippen molar-refractivity contribution >= 4 is 0 Å². The fourth-order valence-electron chi connectivity index (χ4n) is 2.59. The number of phenolic OH excluding ortho intramolecular Hbond substituents is 5. The molecule has 0 aliphatic carbocycles. The van der Waals surface area contributed by atoms with E-state index in [0.29, 0.717) is 0 Å². The van der Waals surface area contributed by atoms with Gasteiger partial charge in [0.15, 0.2) is 23.4 Å². The molecule has 0 saturated carbocycles. The van der Waals surface area contributed by atoms with Crippen molar-refractivity contribution in [2.75, 3.05) is 0 Å². The first-order valence-electron chi connectivity index (χ1n) is 6.63. The molecule has 0 saturated heterocycles. The number of fused-ring (bicyclic) bond motifs is 1. The van der Waals surface area contributed by atoms with Gasteiger partial charge in [0.2, 0.25) is 0 Å². The Morgan fingerprint density at radius 2 is 1.39 bits per heavy atom. The summed E-state index contributed by atoms with van der Waals surface area (Å²) in [5.74, 6) is -2.79. The van der Waals surface area contributed by atoms with Crippen LogP contribution in [-0.2, 0) is 0 Å². The second-order valence-electron chi connectivity index (χ2n) is 5.26. The average Bonchev–Trinajstić information content (AvgIpc) is 2.47. The molecular weight excluding hydrogens is 308 g/mol. The van der Waals surface area contributed by atoms with Crippen molar-refractivity contribution in [2.45, 2.75) is 18.3 Å². The number of benzene rings is 2. The average molecular weight is 322 g/mol. The maximum absolute atomic E-state index is 10.2. The Hall–Kier alpha value is -2.84. The van der Waals surface area contributed by atoms with Crippen LogP contribution in [-0.4, -0.2) is 41.8 Å². The second-order valence-corrected chi connectivity index (χ2v) is 5.26. The number of rotatable bonds is 1. The van der Waals surface area contributed by atoms with E-state index >= 15 is 0 Å². The van der Waals surface area contributed by atoms with E-state index < -0.39 is 41.3 Å². The molecule has 0 fully saturated rings. The van der Waals surface area contributed by atoms with E-state index in [1.165, 1.54) is 0 Å². The van der Waals surface area contributed by atoms with Crippen molar-refractivity contribution in [3.63, 3.8) is 0 Å². The van der Waals surface area contributed by atoms with Crippen LogP contribution in [0.2, 0.25) is 0 Å². The summed E-state index contributed by atoms with van der Waals surface area (Å²) < 4.78 is 5.48. The fraction of sp³-hybridized carbons (Fsp3) is 0.200. The van der Waals surface area contributed by atoms with E-state index in [4.69, 9.17) is 4.74 Å². The summed E-state index contributed by atoms with van der Waals surface area (Å²) in [4.78, 5) is 0. The SMILES string of the molecule is Oc1cc(O)c2c(c1)O[C@@H](c1cc(O)c(O)c(O)c1)[C@@H](O)[C@@H]2O. The lowest BCUT2D eigenvalue weighted by atomic mass is 9.91. The third-order valence-corrected chi connectivity index (χ3v) is 3.71. The molecule has 8 heteroatoms. The number of hydrogen-bond donors (Lipinski definition) is 7. The molecule has 23 heavy (non-hydrogen) atoms. The zero-order chi connectivity index (χ0) is 16.9. The van der Waals surface area contributed by atoms with Crippen LogP contribution in [0.5, 0.6) is 34.5 Å². The van der Waals surface area contributed by atoms with E-state index in [0.717, 1.165) is 24.3 Å². The number of ether oxygens (including phenoxy) is 1. The van der Waals surface area contributed by atoms with Crippen LogP contribution in [0, 0.1) is 0 Å². The van der Waals surface area contributed by atoms with Gasteiger partial charge in [0.1, 0.15) is 29.5 Å². The highest BCUT2D eigenvalue weighted by atomic mass is 16.5. The third kappa shape index (κ3) is 2.33. The number of aliphatic hydroxyl groups excluding tert-OH is 2. The van der Waals surface area contributed by atoms with Crippen LogP contribution in [0.15, 0.2) is 24.3 Å². The summed E-state index contributed by atoms with van der Waals surface area (Å²) in [6.45, 7) is 0. The Morgan fingerprint density at radius 1 is 0.783 bits per heavy atom. The Labute approximate surface area is 129 Å². The summed E-state index contributed by atoms with van der Waals surface area (Å²) in [7, 11) is 0. The largest absolute Gasteiger partial charge is 0.508 e. The highest BCUT2D eigenvalue weighted by Gasteiger charge is 2.39. The van der Waals surface area contributed by atoms with E-state index in [9.17, 15) is 35.7 Å². The highest BCUT2D eigenvalue weighted by Crippen LogP contribution is 2.48. The summed E-state index contributed by atoms with van der Waals surface area (Å²) in [6.07, 6.45) is -4.26. The maximum Gasteiger partial charge on any atom is 0.200 e. The second kappa shape index (κ2) is 5.11.